The first kappa shape index (κ1) is 12.3. The number of carbonyl (C=O) groups is 1. The molecule has 94 valence electrons. The Hall–Kier alpha value is -2.14. The summed E-state index contributed by atoms with van der Waals surface area (Å²) in [4.78, 5) is 30.7. The summed E-state index contributed by atoms with van der Waals surface area (Å²) >= 11 is 0. The maximum absolute atomic E-state index is 12.3. The molecule has 1 aromatic carbocycles. The molecule has 2 rings (SSSR count). The molecule has 0 unspecified atom stereocenters. The third-order valence-electron chi connectivity index (χ3n) is 2.54. The van der Waals surface area contributed by atoms with Gasteiger partial charge in [0.1, 0.15) is 5.69 Å². The van der Waals surface area contributed by atoms with Crippen LogP contribution in [0.5, 0.6) is 0 Å². The van der Waals surface area contributed by atoms with Crippen LogP contribution in [0.15, 0.2) is 35.1 Å². The zero-order chi connectivity index (χ0) is 13.1. The van der Waals surface area contributed by atoms with Gasteiger partial charge in [-0.25, -0.2) is 4.79 Å². The van der Waals surface area contributed by atoms with Crippen molar-refractivity contribution in [3.63, 3.8) is 0 Å². The highest BCUT2D eigenvalue weighted by Gasteiger charge is 2.17. The summed E-state index contributed by atoms with van der Waals surface area (Å²) in [7, 11) is 3.75. The van der Waals surface area contributed by atoms with Crippen LogP contribution in [0.4, 0.5) is 0 Å². The van der Waals surface area contributed by atoms with Gasteiger partial charge in [0.15, 0.2) is 0 Å². The van der Waals surface area contributed by atoms with Gasteiger partial charge in [-0.1, -0.05) is 30.3 Å². The van der Waals surface area contributed by atoms with E-state index in [1.165, 1.54) is 0 Å². The van der Waals surface area contributed by atoms with Gasteiger partial charge in [-0.05, 0) is 14.1 Å². The van der Waals surface area contributed by atoms with E-state index in [1.807, 2.05) is 25.1 Å². The van der Waals surface area contributed by atoms with E-state index in [1.54, 1.807) is 24.3 Å². The molecule has 0 aliphatic rings. The normalized spacial score (nSPS) is 10.8. The number of carbonyl (C=O) groups excluding carboxylic acids is 1. The summed E-state index contributed by atoms with van der Waals surface area (Å²) in [6, 6.07) is 8.89. The predicted octanol–water partition coefficient (Wildman–Crippen LogP) is 0.996. The Labute approximate surface area is 104 Å². The van der Waals surface area contributed by atoms with Crippen molar-refractivity contribution in [2.75, 3.05) is 14.1 Å². The number of benzene rings is 1. The number of hydrogen-bond acceptors (Lipinski definition) is 3. The van der Waals surface area contributed by atoms with Gasteiger partial charge >= 0.3 is 5.69 Å². The van der Waals surface area contributed by atoms with Crippen LogP contribution in [0.25, 0.3) is 0 Å². The van der Waals surface area contributed by atoms with Crippen LogP contribution >= 0.6 is 0 Å². The molecule has 0 saturated heterocycles. The molecule has 5 nitrogen and oxygen atoms in total. The molecule has 1 aromatic heterocycles. The molecule has 0 radical (unpaired) electrons. The second kappa shape index (κ2) is 5.01. The van der Waals surface area contributed by atoms with Crippen LogP contribution in [-0.4, -0.2) is 34.7 Å². The molecule has 2 aromatic rings. The molecule has 0 aliphatic heterocycles. The maximum atomic E-state index is 12.3. The van der Waals surface area contributed by atoms with E-state index in [0.29, 0.717) is 23.5 Å². The first-order chi connectivity index (χ1) is 8.58. The molecule has 0 bridgehead atoms. The lowest BCUT2D eigenvalue weighted by Crippen LogP contribution is -2.14. The smallest absolute Gasteiger partial charge is 0.308 e. The summed E-state index contributed by atoms with van der Waals surface area (Å²) in [5.74, 6) is -0.175. The van der Waals surface area contributed by atoms with Gasteiger partial charge in [-0.3, -0.25) is 4.79 Å². The number of ketones is 1. The van der Waals surface area contributed by atoms with Crippen molar-refractivity contribution in [1.29, 1.82) is 0 Å². The van der Waals surface area contributed by atoms with E-state index >= 15 is 0 Å². The standard InChI is InChI=1S/C13H15N3O2/c1-16(2)8-10-11(15-13(18)14-10)12(17)9-6-4-3-5-7-9/h3-7H,8H2,1-2H3,(H2,14,15,18). The van der Waals surface area contributed by atoms with Crippen LogP contribution in [-0.2, 0) is 6.54 Å². The van der Waals surface area contributed by atoms with Crippen molar-refractivity contribution in [2.24, 2.45) is 0 Å². The van der Waals surface area contributed by atoms with Crippen molar-refractivity contribution in [3.05, 3.63) is 57.8 Å². The maximum Gasteiger partial charge on any atom is 0.323 e. The summed E-state index contributed by atoms with van der Waals surface area (Å²) in [5.41, 5.74) is 1.15. The molecular formula is C13H15N3O2. The van der Waals surface area contributed by atoms with Crippen LogP contribution in [0.1, 0.15) is 21.7 Å². The van der Waals surface area contributed by atoms with Crippen LogP contribution in [0, 0.1) is 0 Å². The fourth-order valence-corrected chi connectivity index (χ4v) is 1.78. The minimum absolute atomic E-state index is 0.175. The van der Waals surface area contributed by atoms with Gasteiger partial charge in [0, 0.05) is 12.1 Å². The molecule has 1 heterocycles. The number of aromatic nitrogens is 2. The quantitative estimate of drug-likeness (QED) is 0.789. The minimum atomic E-state index is -0.355. The van der Waals surface area contributed by atoms with E-state index in [9.17, 15) is 9.59 Å². The number of H-pyrrole nitrogens is 2. The molecular weight excluding hydrogens is 230 g/mol. The molecule has 0 spiro atoms. The van der Waals surface area contributed by atoms with E-state index in [0.717, 1.165) is 0 Å². The largest absolute Gasteiger partial charge is 0.323 e. The Morgan fingerprint density at radius 3 is 2.44 bits per heavy atom. The zero-order valence-corrected chi connectivity index (χ0v) is 10.4. The summed E-state index contributed by atoms with van der Waals surface area (Å²) in [6.07, 6.45) is 0. The molecule has 0 saturated carbocycles. The number of nitrogens with zero attached hydrogens (tertiary/aromatic N) is 1. The van der Waals surface area contributed by atoms with Crippen molar-refractivity contribution >= 4 is 5.78 Å². The molecule has 0 fully saturated rings. The number of hydrogen-bond donors (Lipinski definition) is 2. The van der Waals surface area contributed by atoms with Crippen LogP contribution < -0.4 is 5.69 Å². The van der Waals surface area contributed by atoms with E-state index < -0.39 is 0 Å². The van der Waals surface area contributed by atoms with Gasteiger partial charge in [0.05, 0.1) is 5.69 Å². The molecule has 5 heteroatoms. The second-order valence-electron chi connectivity index (χ2n) is 4.37. The Balaban J connectivity index is 2.39. The molecule has 18 heavy (non-hydrogen) atoms. The predicted molar refractivity (Wildman–Crippen MR) is 68.7 cm³/mol. The number of nitrogens with one attached hydrogen (secondary N) is 2. The third-order valence-corrected chi connectivity index (χ3v) is 2.54. The summed E-state index contributed by atoms with van der Waals surface area (Å²) < 4.78 is 0. The Morgan fingerprint density at radius 2 is 1.83 bits per heavy atom. The third kappa shape index (κ3) is 2.57. The van der Waals surface area contributed by atoms with Gasteiger partial charge in [-0.2, -0.15) is 0 Å². The lowest BCUT2D eigenvalue weighted by atomic mass is 10.1. The SMILES string of the molecule is CN(C)Cc1[nH]c(=O)[nH]c1C(=O)c1ccccc1. The molecule has 0 atom stereocenters. The fourth-order valence-electron chi connectivity index (χ4n) is 1.78. The van der Waals surface area contributed by atoms with Crippen molar-refractivity contribution in [1.82, 2.24) is 14.9 Å². The van der Waals surface area contributed by atoms with Gasteiger partial charge < -0.3 is 14.9 Å². The topological polar surface area (TPSA) is 69.0 Å². The van der Waals surface area contributed by atoms with Gasteiger partial charge in [0.2, 0.25) is 5.78 Å². The summed E-state index contributed by atoms with van der Waals surface area (Å²) in [6.45, 7) is 0.507. The van der Waals surface area contributed by atoms with Gasteiger partial charge in [0.25, 0.3) is 0 Å². The summed E-state index contributed by atoms with van der Waals surface area (Å²) in [5, 5.41) is 0. The van der Waals surface area contributed by atoms with Crippen LogP contribution in [0.3, 0.4) is 0 Å². The van der Waals surface area contributed by atoms with E-state index in [-0.39, 0.29) is 11.5 Å². The highest BCUT2D eigenvalue weighted by molar-refractivity contribution is 6.08. The van der Waals surface area contributed by atoms with E-state index in [2.05, 4.69) is 9.97 Å². The van der Waals surface area contributed by atoms with Crippen LogP contribution in [0.2, 0.25) is 0 Å². The average Bonchev–Trinajstić information content (AvgIpc) is 2.69. The highest BCUT2D eigenvalue weighted by atomic mass is 16.1. The number of aromatic amines is 2. The first-order valence-corrected chi connectivity index (χ1v) is 5.63. The first-order valence-electron chi connectivity index (χ1n) is 5.63. The number of rotatable bonds is 4. The molecule has 0 amide bonds. The highest BCUT2D eigenvalue weighted by Crippen LogP contribution is 2.10. The van der Waals surface area contributed by atoms with Crippen molar-refractivity contribution < 1.29 is 4.79 Å². The Bertz CT molecular complexity index is 596. The number of imidazole rings is 1. The molecule has 0 aliphatic carbocycles. The monoisotopic (exact) mass is 245 g/mol. The van der Waals surface area contributed by atoms with Crippen molar-refractivity contribution in [2.45, 2.75) is 6.54 Å². The molecule has 2 N–H and O–H groups in total. The Morgan fingerprint density at radius 1 is 1.17 bits per heavy atom. The lowest BCUT2D eigenvalue weighted by Gasteiger charge is -2.09. The fraction of sp³-hybridized carbons (Fsp3) is 0.231. The minimum Gasteiger partial charge on any atom is -0.308 e. The van der Waals surface area contributed by atoms with E-state index in [4.69, 9.17) is 0 Å². The van der Waals surface area contributed by atoms with Crippen molar-refractivity contribution in [3.8, 4) is 0 Å². The zero-order valence-electron chi connectivity index (χ0n) is 10.4. The lowest BCUT2D eigenvalue weighted by molar-refractivity contribution is 0.103. The Kier molecular flexibility index (Phi) is 3.43. The average molecular weight is 245 g/mol. The van der Waals surface area contributed by atoms with Gasteiger partial charge in [-0.15, -0.1) is 0 Å². The second-order valence-corrected chi connectivity index (χ2v) is 4.37.